The molecule has 8 heteroatoms. The van der Waals surface area contributed by atoms with Crippen LogP contribution in [0.15, 0.2) is 71.8 Å². The molecular weight excluding hydrogens is 470 g/mol. The SMILES string of the molecule is COc1ccc2c(OCCn3cc(-c4ccc(C)c(NC(=O)OCC(C)C)c4)ccc3=O)ccnc2c1. The average Bonchev–Trinajstić information content (AvgIpc) is 2.89. The number of aromatic nitrogens is 2. The van der Waals surface area contributed by atoms with Crippen LogP contribution in [0.1, 0.15) is 19.4 Å². The third-order valence-corrected chi connectivity index (χ3v) is 5.84. The highest BCUT2D eigenvalue weighted by Crippen LogP contribution is 2.27. The molecule has 1 N–H and O–H groups in total. The lowest BCUT2D eigenvalue weighted by Gasteiger charge is -2.14. The molecule has 8 nitrogen and oxygen atoms in total. The number of rotatable bonds is 9. The molecule has 37 heavy (non-hydrogen) atoms. The summed E-state index contributed by atoms with van der Waals surface area (Å²) < 4.78 is 18.1. The molecular formula is C29H31N3O5. The normalized spacial score (nSPS) is 10.9. The summed E-state index contributed by atoms with van der Waals surface area (Å²) in [5, 5.41) is 3.68. The molecule has 4 aromatic rings. The van der Waals surface area contributed by atoms with Gasteiger partial charge >= 0.3 is 6.09 Å². The minimum absolute atomic E-state index is 0.126. The van der Waals surface area contributed by atoms with Crippen molar-refractivity contribution in [2.45, 2.75) is 27.3 Å². The maximum absolute atomic E-state index is 12.5. The van der Waals surface area contributed by atoms with Crippen LogP contribution in [0, 0.1) is 12.8 Å². The summed E-state index contributed by atoms with van der Waals surface area (Å²) >= 11 is 0. The van der Waals surface area contributed by atoms with E-state index in [9.17, 15) is 9.59 Å². The highest BCUT2D eigenvalue weighted by molar-refractivity contribution is 5.87. The number of carbonyl (C=O) groups excluding carboxylic acids is 1. The number of hydrogen-bond donors (Lipinski definition) is 1. The number of nitrogens with zero attached hydrogens (tertiary/aromatic N) is 2. The summed E-state index contributed by atoms with van der Waals surface area (Å²) in [4.78, 5) is 29.1. The summed E-state index contributed by atoms with van der Waals surface area (Å²) in [7, 11) is 1.61. The predicted molar refractivity (Wildman–Crippen MR) is 144 cm³/mol. The van der Waals surface area contributed by atoms with Crippen LogP contribution in [-0.4, -0.2) is 36.0 Å². The fraction of sp³-hybridized carbons (Fsp3) is 0.276. The van der Waals surface area contributed by atoms with Gasteiger partial charge in [0.2, 0.25) is 0 Å². The van der Waals surface area contributed by atoms with Crippen molar-refractivity contribution in [3.8, 4) is 22.6 Å². The standard InChI is InChI=1S/C29H31N3O5/c1-19(2)18-37-29(34)31-25-15-21(6-5-20(25)3)22-7-10-28(33)32(17-22)13-14-36-27-11-12-30-26-16-23(35-4)8-9-24(26)27/h5-12,15-17,19H,13-14,18H2,1-4H3,(H,31,34). The van der Waals surface area contributed by atoms with Gasteiger partial charge in [-0.3, -0.25) is 15.1 Å². The third-order valence-electron chi connectivity index (χ3n) is 5.84. The van der Waals surface area contributed by atoms with Gasteiger partial charge in [0.1, 0.15) is 18.1 Å². The van der Waals surface area contributed by atoms with Crippen molar-refractivity contribution in [2.24, 2.45) is 5.92 Å². The van der Waals surface area contributed by atoms with Crippen LogP contribution >= 0.6 is 0 Å². The first kappa shape index (κ1) is 25.8. The molecule has 0 aliphatic carbocycles. The molecule has 2 heterocycles. The van der Waals surface area contributed by atoms with Crippen LogP contribution in [0.3, 0.4) is 0 Å². The van der Waals surface area contributed by atoms with E-state index >= 15 is 0 Å². The molecule has 1 amide bonds. The molecule has 0 aliphatic heterocycles. The second kappa shape index (κ2) is 11.6. The molecule has 0 spiro atoms. The van der Waals surface area contributed by atoms with E-state index in [1.807, 2.05) is 57.2 Å². The first-order valence-corrected chi connectivity index (χ1v) is 12.1. The van der Waals surface area contributed by atoms with E-state index in [0.29, 0.717) is 31.2 Å². The van der Waals surface area contributed by atoms with Gasteiger partial charge < -0.3 is 18.8 Å². The number of pyridine rings is 2. The minimum Gasteiger partial charge on any atom is -0.497 e. The van der Waals surface area contributed by atoms with Crippen molar-refractivity contribution in [2.75, 3.05) is 25.6 Å². The zero-order valence-electron chi connectivity index (χ0n) is 21.5. The smallest absolute Gasteiger partial charge is 0.411 e. The van der Waals surface area contributed by atoms with E-state index in [1.165, 1.54) is 6.07 Å². The lowest BCUT2D eigenvalue weighted by molar-refractivity contribution is 0.147. The van der Waals surface area contributed by atoms with Crippen molar-refractivity contribution < 1.29 is 19.0 Å². The van der Waals surface area contributed by atoms with Gasteiger partial charge in [0.25, 0.3) is 5.56 Å². The minimum atomic E-state index is -0.488. The largest absolute Gasteiger partial charge is 0.497 e. The highest BCUT2D eigenvalue weighted by Gasteiger charge is 2.10. The quantitative estimate of drug-likeness (QED) is 0.318. The number of anilines is 1. The Kier molecular flexibility index (Phi) is 8.08. The van der Waals surface area contributed by atoms with Gasteiger partial charge in [-0.25, -0.2) is 4.79 Å². The fourth-order valence-corrected chi connectivity index (χ4v) is 3.81. The molecule has 0 radical (unpaired) electrons. The Morgan fingerprint density at radius 3 is 2.65 bits per heavy atom. The van der Waals surface area contributed by atoms with Crippen LogP contribution in [-0.2, 0) is 11.3 Å². The lowest BCUT2D eigenvalue weighted by Crippen LogP contribution is -2.22. The summed E-state index contributed by atoms with van der Waals surface area (Å²) in [6.45, 7) is 6.90. The Morgan fingerprint density at radius 1 is 1.05 bits per heavy atom. The Balaban J connectivity index is 1.48. The molecule has 0 atom stereocenters. The number of fused-ring (bicyclic) bond motifs is 1. The van der Waals surface area contributed by atoms with Crippen molar-refractivity contribution in [1.82, 2.24) is 9.55 Å². The third kappa shape index (κ3) is 6.46. The van der Waals surface area contributed by atoms with Crippen LogP contribution in [0.2, 0.25) is 0 Å². The summed E-state index contributed by atoms with van der Waals surface area (Å²) in [5.41, 5.74) is 3.93. The Bertz CT molecular complexity index is 1460. The number of amides is 1. The van der Waals surface area contributed by atoms with Gasteiger partial charge in [-0.15, -0.1) is 0 Å². The first-order valence-electron chi connectivity index (χ1n) is 12.1. The molecule has 0 unspecified atom stereocenters. The number of aryl methyl sites for hydroxylation is 1. The van der Waals surface area contributed by atoms with E-state index in [-0.39, 0.29) is 11.5 Å². The molecule has 0 bridgehead atoms. The van der Waals surface area contributed by atoms with Gasteiger partial charge in [0.15, 0.2) is 0 Å². The molecule has 0 saturated carbocycles. The Hall–Kier alpha value is -4.33. The molecule has 0 aliphatic rings. The number of nitrogens with one attached hydrogen (secondary N) is 1. The topological polar surface area (TPSA) is 91.7 Å². The summed E-state index contributed by atoms with van der Waals surface area (Å²) in [6.07, 6.45) is 3.00. The number of methoxy groups -OCH3 is 1. The number of carbonyl (C=O) groups is 1. The lowest BCUT2D eigenvalue weighted by atomic mass is 10.0. The van der Waals surface area contributed by atoms with Crippen molar-refractivity contribution in [3.05, 3.63) is 82.9 Å². The van der Waals surface area contributed by atoms with Gasteiger partial charge in [0.05, 0.1) is 25.8 Å². The van der Waals surface area contributed by atoms with Crippen LogP contribution in [0.25, 0.3) is 22.0 Å². The average molecular weight is 502 g/mol. The molecule has 0 fully saturated rings. The van der Waals surface area contributed by atoms with E-state index in [0.717, 1.165) is 33.3 Å². The maximum atomic E-state index is 12.5. The maximum Gasteiger partial charge on any atom is 0.411 e. The zero-order valence-corrected chi connectivity index (χ0v) is 21.5. The molecule has 0 saturated heterocycles. The molecule has 4 rings (SSSR count). The Labute approximate surface area is 215 Å². The number of hydrogen-bond acceptors (Lipinski definition) is 6. The molecule has 2 aromatic carbocycles. The predicted octanol–water partition coefficient (Wildman–Crippen LogP) is 5.66. The van der Waals surface area contributed by atoms with Gasteiger partial charge in [-0.2, -0.15) is 0 Å². The molecule has 2 aromatic heterocycles. The summed E-state index contributed by atoms with van der Waals surface area (Å²) in [6, 6.07) is 16.5. The fourth-order valence-electron chi connectivity index (χ4n) is 3.81. The van der Waals surface area contributed by atoms with Crippen LogP contribution < -0.4 is 20.3 Å². The second-order valence-corrected chi connectivity index (χ2v) is 9.14. The zero-order chi connectivity index (χ0) is 26.4. The van der Waals surface area contributed by atoms with Crippen molar-refractivity contribution in [1.29, 1.82) is 0 Å². The van der Waals surface area contributed by atoms with E-state index in [2.05, 4.69) is 10.3 Å². The Morgan fingerprint density at radius 2 is 1.86 bits per heavy atom. The van der Waals surface area contributed by atoms with E-state index in [4.69, 9.17) is 14.2 Å². The van der Waals surface area contributed by atoms with Crippen molar-refractivity contribution >= 4 is 22.7 Å². The van der Waals surface area contributed by atoms with Gasteiger partial charge in [-0.1, -0.05) is 26.0 Å². The number of benzene rings is 2. The monoisotopic (exact) mass is 501 g/mol. The van der Waals surface area contributed by atoms with E-state index < -0.39 is 6.09 Å². The van der Waals surface area contributed by atoms with E-state index in [1.54, 1.807) is 36.2 Å². The second-order valence-electron chi connectivity index (χ2n) is 9.14. The van der Waals surface area contributed by atoms with Crippen LogP contribution in [0.5, 0.6) is 11.5 Å². The van der Waals surface area contributed by atoms with Gasteiger partial charge in [0, 0.05) is 35.6 Å². The van der Waals surface area contributed by atoms with Gasteiger partial charge in [-0.05, 0) is 59.9 Å². The first-order chi connectivity index (χ1) is 17.8. The molecule has 192 valence electrons. The van der Waals surface area contributed by atoms with Crippen LogP contribution in [0.4, 0.5) is 10.5 Å². The highest BCUT2D eigenvalue weighted by atomic mass is 16.5. The summed E-state index contributed by atoms with van der Waals surface area (Å²) in [5.74, 6) is 1.67. The number of ether oxygens (including phenoxy) is 3. The van der Waals surface area contributed by atoms with Crippen molar-refractivity contribution in [3.63, 3.8) is 0 Å².